The van der Waals surface area contributed by atoms with Gasteiger partial charge >= 0.3 is 0 Å². The third-order valence-corrected chi connectivity index (χ3v) is 0.802. The normalized spacial score (nSPS) is 19.9. The zero-order chi connectivity index (χ0) is 5.98. The van der Waals surface area contributed by atoms with Crippen LogP contribution in [-0.2, 0) is 0 Å². The van der Waals surface area contributed by atoms with Gasteiger partial charge in [0, 0.05) is 0 Å². The second-order valence-electron chi connectivity index (χ2n) is 1.49. The van der Waals surface area contributed by atoms with E-state index in [2.05, 4.69) is 5.32 Å². The summed E-state index contributed by atoms with van der Waals surface area (Å²) in [6.07, 6.45) is 5.32. The van der Waals surface area contributed by atoms with Crippen molar-refractivity contribution in [1.82, 2.24) is 5.32 Å². The Bertz CT molecular complexity index is 139. The molecule has 4 N–H and O–H groups in total. The predicted molar refractivity (Wildman–Crippen MR) is 30.4 cm³/mol. The molecular weight excluding hydrogens is 104 g/mol. The number of rotatable bonds is 0. The molecule has 1 heterocycles. The lowest BCUT2D eigenvalue weighted by atomic mass is 10.3. The molecule has 0 bridgehead atoms. The molecule has 1 rings (SSSR count). The van der Waals surface area contributed by atoms with Crippen LogP contribution in [0.3, 0.4) is 0 Å². The third kappa shape index (κ3) is 1.01. The first kappa shape index (κ1) is 5.18. The van der Waals surface area contributed by atoms with Crippen molar-refractivity contribution in [2.75, 3.05) is 0 Å². The molecule has 0 fully saturated rings. The Hall–Kier alpha value is -0.960. The predicted octanol–water partition coefficient (Wildman–Crippen LogP) is -0.00661. The lowest BCUT2D eigenvalue weighted by Gasteiger charge is -2.10. The molecule has 0 saturated heterocycles. The van der Waals surface area contributed by atoms with Crippen molar-refractivity contribution in [3.8, 4) is 0 Å². The molecule has 8 heavy (non-hydrogen) atoms. The van der Waals surface area contributed by atoms with Gasteiger partial charge in [-0.25, -0.2) is 0 Å². The van der Waals surface area contributed by atoms with Gasteiger partial charge in [-0.15, -0.1) is 0 Å². The molecule has 0 aliphatic carbocycles. The highest BCUT2D eigenvalue weighted by molar-refractivity contribution is 5.21. The van der Waals surface area contributed by atoms with E-state index in [4.69, 9.17) is 10.8 Å². The van der Waals surface area contributed by atoms with Crippen LogP contribution in [0.5, 0.6) is 0 Å². The zero-order valence-electron chi connectivity index (χ0n) is 4.26. The fourth-order valence-electron chi connectivity index (χ4n) is 0.474. The van der Waals surface area contributed by atoms with Gasteiger partial charge in [0.25, 0.3) is 0 Å². The van der Waals surface area contributed by atoms with E-state index in [1.54, 1.807) is 12.2 Å². The van der Waals surface area contributed by atoms with Gasteiger partial charge in [0.05, 0.1) is 0 Å². The first-order chi connectivity index (χ1) is 3.79. The molecule has 0 spiro atoms. The highest BCUT2D eigenvalue weighted by Crippen LogP contribution is 1.98. The van der Waals surface area contributed by atoms with E-state index in [-0.39, 0.29) is 5.88 Å². The molecule has 0 aromatic heterocycles. The molecule has 1 aliphatic heterocycles. The van der Waals surface area contributed by atoms with Gasteiger partial charge in [0.2, 0.25) is 0 Å². The SMILES string of the molecule is N[C]1C=CC=C(O)N1. The standard InChI is InChI=1S/C5H7N2O/c6-4-2-1-3-5(8)7-4/h1-3,7-8H,6H2. The Labute approximate surface area is 47.5 Å². The maximum Gasteiger partial charge on any atom is 0.185 e. The van der Waals surface area contributed by atoms with E-state index in [0.717, 1.165) is 0 Å². The number of dihydropyridines is 1. The summed E-state index contributed by atoms with van der Waals surface area (Å²) in [6.45, 7) is 0. The fourth-order valence-corrected chi connectivity index (χ4v) is 0.474. The lowest BCUT2D eigenvalue weighted by Crippen LogP contribution is -2.27. The van der Waals surface area contributed by atoms with Crippen molar-refractivity contribution in [2.45, 2.75) is 0 Å². The number of hydrogen-bond donors (Lipinski definition) is 3. The van der Waals surface area contributed by atoms with Crippen molar-refractivity contribution in [1.29, 1.82) is 0 Å². The summed E-state index contributed by atoms with van der Waals surface area (Å²) < 4.78 is 0. The zero-order valence-corrected chi connectivity index (χ0v) is 4.26. The van der Waals surface area contributed by atoms with Gasteiger partial charge in [-0.05, 0) is 12.2 Å². The first-order valence-electron chi connectivity index (χ1n) is 2.26. The molecule has 0 aromatic rings. The van der Waals surface area contributed by atoms with Crippen molar-refractivity contribution < 1.29 is 5.11 Å². The molecule has 3 heteroatoms. The van der Waals surface area contributed by atoms with Crippen molar-refractivity contribution in [2.24, 2.45) is 5.73 Å². The van der Waals surface area contributed by atoms with E-state index >= 15 is 0 Å². The van der Waals surface area contributed by atoms with Gasteiger partial charge < -0.3 is 16.2 Å². The maximum absolute atomic E-state index is 8.68. The minimum Gasteiger partial charge on any atom is -0.495 e. The Balaban J connectivity index is 2.59. The van der Waals surface area contributed by atoms with Crippen LogP contribution in [0.4, 0.5) is 0 Å². The number of nitrogens with one attached hydrogen (secondary N) is 1. The van der Waals surface area contributed by atoms with Crippen molar-refractivity contribution in [3.05, 3.63) is 30.3 Å². The number of allylic oxidation sites excluding steroid dienone is 2. The van der Waals surface area contributed by atoms with Gasteiger partial charge in [-0.1, -0.05) is 6.08 Å². The summed E-state index contributed by atoms with van der Waals surface area (Å²) in [7, 11) is 0. The minimum absolute atomic E-state index is 0.0880. The molecule has 0 amide bonds. The van der Waals surface area contributed by atoms with Crippen LogP contribution in [0.1, 0.15) is 0 Å². The molecule has 0 aromatic carbocycles. The van der Waals surface area contributed by atoms with E-state index in [0.29, 0.717) is 6.17 Å². The monoisotopic (exact) mass is 111 g/mol. The van der Waals surface area contributed by atoms with Crippen molar-refractivity contribution >= 4 is 0 Å². The molecule has 43 valence electrons. The Morgan fingerprint density at radius 2 is 2.38 bits per heavy atom. The molecule has 0 saturated carbocycles. The highest BCUT2D eigenvalue weighted by Gasteiger charge is 2.01. The summed E-state index contributed by atoms with van der Waals surface area (Å²) in [5, 5.41) is 11.2. The van der Waals surface area contributed by atoms with E-state index in [9.17, 15) is 0 Å². The lowest BCUT2D eigenvalue weighted by molar-refractivity contribution is 0.368. The summed E-state index contributed by atoms with van der Waals surface area (Å²) in [5.41, 5.74) is 5.24. The van der Waals surface area contributed by atoms with Gasteiger partial charge in [-0.3, -0.25) is 0 Å². The number of nitrogens with two attached hydrogens (primary N) is 1. The Morgan fingerprint density at radius 3 is 2.75 bits per heavy atom. The Kier molecular flexibility index (Phi) is 1.22. The average molecular weight is 111 g/mol. The molecular formula is C5H7N2O. The van der Waals surface area contributed by atoms with Crippen LogP contribution in [-0.4, -0.2) is 5.11 Å². The van der Waals surface area contributed by atoms with E-state index < -0.39 is 0 Å². The van der Waals surface area contributed by atoms with E-state index in [1.165, 1.54) is 6.08 Å². The summed E-state index contributed by atoms with van der Waals surface area (Å²) in [5.74, 6) is 0.0880. The quantitative estimate of drug-likeness (QED) is 0.412. The fraction of sp³-hybridized carbons (Fsp3) is 0. The second kappa shape index (κ2) is 1.88. The van der Waals surface area contributed by atoms with Crippen LogP contribution < -0.4 is 11.1 Å². The molecule has 3 nitrogen and oxygen atoms in total. The largest absolute Gasteiger partial charge is 0.495 e. The van der Waals surface area contributed by atoms with Crippen LogP contribution in [0.25, 0.3) is 0 Å². The molecule has 0 atom stereocenters. The van der Waals surface area contributed by atoms with Gasteiger partial charge in [0.1, 0.15) is 6.17 Å². The molecule has 0 unspecified atom stereocenters. The Morgan fingerprint density at radius 1 is 1.62 bits per heavy atom. The van der Waals surface area contributed by atoms with Crippen LogP contribution >= 0.6 is 0 Å². The molecule has 1 radical (unpaired) electrons. The van der Waals surface area contributed by atoms with Crippen LogP contribution in [0.15, 0.2) is 24.1 Å². The van der Waals surface area contributed by atoms with E-state index in [1.807, 2.05) is 0 Å². The van der Waals surface area contributed by atoms with Crippen molar-refractivity contribution in [3.63, 3.8) is 0 Å². The second-order valence-corrected chi connectivity index (χ2v) is 1.49. The summed E-state index contributed by atoms with van der Waals surface area (Å²) >= 11 is 0. The average Bonchev–Trinajstić information content (AvgIpc) is 1.64. The minimum atomic E-state index is 0.0880. The van der Waals surface area contributed by atoms with Gasteiger partial charge in [0.15, 0.2) is 5.88 Å². The number of aliphatic hydroxyl groups is 1. The first-order valence-corrected chi connectivity index (χ1v) is 2.26. The summed E-state index contributed by atoms with van der Waals surface area (Å²) in [6, 6.07) is 0. The molecule has 1 aliphatic rings. The van der Waals surface area contributed by atoms with Gasteiger partial charge in [-0.2, -0.15) is 0 Å². The number of hydrogen-bond acceptors (Lipinski definition) is 3. The third-order valence-electron chi connectivity index (χ3n) is 0.802. The van der Waals surface area contributed by atoms with Crippen LogP contribution in [0.2, 0.25) is 0 Å². The summed E-state index contributed by atoms with van der Waals surface area (Å²) in [4.78, 5) is 0. The smallest absolute Gasteiger partial charge is 0.185 e. The number of aliphatic hydroxyl groups excluding tert-OH is 1. The van der Waals surface area contributed by atoms with Crippen LogP contribution in [0, 0.1) is 6.17 Å². The highest BCUT2D eigenvalue weighted by atomic mass is 16.3. The topological polar surface area (TPSA) is 58.3 Å². The maximum atomic E-state index is 8.68.